The highest BCUT2D eigenvalue weighted by Crippen LogP contribution is 2.26. The van der Waals surface area contributed by atoms with Crippen molar-refractivity contribution in [3.63, 3.8) is 0 Å². The van der Waals surface area contributed by atoms with Crippen molar-refractivity contribution in [3.05, 3.63) is 59.0 Å². The molecule has 3 nitrogen and oxygen atoms in total. The lowest BCUT2D eigenvalue weighted by Gasteiger charge is -2.19. The Morgan fingerprint density at radius 3 is 2.72 bits per heavy atom. The van der Waals surface area contributed by atoms with Crippen molar-refractivity contribution >= 4 is 5.82 Å². The maximum absolute atomic E-state index is 13.3. The molecule has 0 amide bonds. The first-order valence-corrected chi connectivity index (χ1v) is 5.77. The number of halogens is 1. The Balaban J connectivity index is 2.45. The van der Waals surface area contributed by atoms with Crippen LogP contribution in [-0.4, -0.2) is 12.0 Å². The third-order valence-corrected chi connectivity index (χ3v) is 2.99. The minimum absolute atomic E-state index is 0.0852. The second-order valence-electron chi connectivity index (χ2n) is 4.21. The highest BCUT2D eigenvalue weighted by atomic mass is 19.1. The van der Waals surface area contributed by atoms with Gasteiger partial charge in [0.15, 0.2) is 0 Å². The summed E-state index contributed by atoms with van der Waals surface area (Å²) < 4.78 is 13.3. The van der Waals surface area contributed by atoms with E-state index in [9.17, 15) is 4.39 Å². The highest BCUT2D eigenvalue weighted by Gasteiger charge is 2.15. The van der Waals surface area contributed by atoms with Crippen LogP contribution < -0.4 is 11.1 Å². The van der Waals surface area contributed by atoms with E-state index in [1.165, 1.54) is 6.07 Å². The van der Waals surface area contributed by atoms with Gasteiger partial charge in [-0.1, -0.05) is 18.2 Å². The van der Waals surface area contributed by atoms with Crippen molar-refractivity contribution in [3.8, 4) is 0 Å². The maximum atomic E-state index is 13.3. The Hall–Kier alpha value is -1.94. The monoisotopic (exact) mass is 245 g/mol. The fourth-order valence-electron chi connectivity index (χ4n) is 2.02. The molecule has 94 valence electrons. The van der Waals surface area contributed by atoms with E-state index in [1.807, 2.05) is 25.2 Å². The summed E-state index contributed by atoms with van der Waals surface area (Å²) in [4.78, 5) is 4.08. The summed E-state index contributed by atoms with van der Waals surface area (Å²) in [5, 5.41) is 3.18. The molecule has 18 heavy (non-hydrogen) atoms. The minimum Gasteiger partial charge on any atom is -0.383 e. The molecule has 1 aromatic heterocycles. The van der Waals surface area contributed by atoms with E-state index in [1.54, 1.807) is 19.2 Å². The van der Waals surface area contributed by atoms with Gasteiger partial charge in [-0.2, -0.15) is 0 Å². The number of benzene rings is 1. The van der Waals surface area contributed by atoms with Crippen LogP contribution in [0.2, 0.25) is 0 Å². The average molecular weight is 245 g/mol. The normalized spacial score (nSPS) is 12.4. The number of hydrogen-bond donors (Lipinski definition) is 2. The topological polar surface area (TPSA) is 50.9 Å². The number of pyridine rings is 1. The van der Waals surface area contributed by atoms with Gasteiger partial charge in [-0.25, -0.2) is 9.37 Å². The van der Waals surface area contributed by atoms with Crippen LogP contribution in [0.1, 0.15) is 22.7 Å². The second-order valence-corrected chi connectivity index (χ2v) is 4.21. The summed E-state index contributed by atoms with van der Waals surface area (Å²) >= 11 is 0. The van der Waals surface area contributed by atoms with E-state index in [0.717, 1.165) is 11.1 Å². The van der Waals surface area contributed by atoms with Crippen molar-refractivity contribution in [1.29, 1.82) is 0 Å². The van der Waals surface area contributed by atoms with Crippen molar-refractivity contribution in [2.75, 3.05) is 12.8 Å². The molecule has 0 aliphatic carbocycles. The van der Waals surface area contributed by atoms with E-state index in [-0.39, 0.29) is 11.9 Å². The molecule has 1 heterocycles. The van der Waals surface area contributed by atoms with Crippen molar-refractivity contribution in [2.45, 2.75) is 13.0 Å². The van der Waals surface area contributed by atoms with Gasteiger partial charge < -0.3 is 11.1 Å². The first-order chi connectivity index (χ1) is 8.63. The van der Waals surface area contributed by atoms with Crippen LogP contribution in [0.25, 0.3) is 0 Å². The van der Waals surface area contributed by atoms with Crippen LogP contribution in [0.4, 0.5) is 10.2 Å². The van der Waals surface area contributed by atoms with Crippen molar-refractivity contribution in [2.24, 2.45) is 0 Å². The van der Waals surface area contributed by atoms with Gasteiger partial charge >= 0.3 is 0 Å². The lowest BCUT2D eigenvalue weighted by Crippen LogP contribution is -2.19. The molecule has 2 rings (SSSR count). The maximum Gasteiger partial charge on any atom is 0.128 e. The quantitative estimate of drug-likeness (QED) is 0.873. The standard InChI is InChI=1S/C14H16FN3/c1-9-8-10(5-6-12(9)15)13(17-2)11-4-3-7-18-14(11)16/h3-8,13,17H,1-2H3,(H2,16,18). The third-order valence-electron chi connectivity index (χ3n) is 2.99. The molecule has 0 aliphatic rings. The van der Waals surface area contributed by atoms with Crippen LogP contribution in [-0.2, 0) is 0 Å². The Bertz CT molecular complexity index is 554. The van der Waals surface area contributed by atoms with E-state index >= 15 is 0 Å². The fraction of sp³-hybridized carbons (Fsp3) is 0.214. The van der Waals surface area contributed by atoms with Crippen molar-refractivity contribution < 1.29 is 4.39 Å². The number of rotatable bonds is 3. The number of anilines is 1. The summed E-state index contributed by atoms with van der Waals surface area (Å²) in [6, 6.07) is 8.73. The van der Waals surface area contributed by atoms with Crippen LogP contribution in [0, 0.1) is 12.7 Å². The van der Waals surface area contributed by atoms with Gasteiger partial charge in [0.1, 0.15) is 11.6 Å². The van der Waals surface area contributed by atoms with Crippen molar-refractivity contribution in [1.82, 2.24) is 10.3 Å². The predicted octanol–water partition coefficient (Wildman–Crippen LogP) is 2.42. The number of hydrogen-bond acceptors (Lipinski definition) is 3. The summed E-state index contributed by atoms with van der Waals surface area (Å²) in [7, 11) is 1.84. The summed E-state index contributed by atoms with van der Waals surface area (Å²) in [5.41, 5.74) is 8.36. The Kier molecular flexibility index (Phi) is 3.58. The molecule has 0 aliphatic heterocycles. The predicted molar refractivity (Wildman–Crippen MR) is 70.7 cm³/mol. The number of nitrogens with one attached hydrogen (secondary N) is 1. The first-order valence-electron chi connectivity index (χ1n) is 5.77. The Morgan fingerprint density at radius 2 is 2.11 bits per heavy atom. The largest absolute Gasteiger partial charge is 0.383 e. The lowest BCUT2D eigenvalue weighted by molar-refractivity contribution is 0.614. The number of nitrogens with zero attached hydrogens (tertiary/aromatic N) is 1. The molecule has 0 spiro atoms. The van der Waals surface area contributed by atoms with Crippen LogP contribution in [0.15, 0.2) is 36.5 Å². The Morgan fingerprint density at radius 1 is 1.33 bits per heavy atom. The van der Waals surface area contributed by atoms with Gasteiger partial charge in [0, 0.05) is 11.8 Å². The highest BCUT2D eigenvalue weighted by molar-refractivity contribution is 5.46. The van der Waals surface area contributed by atoms with Gasteiger partial charge in [-0.15, -0.1) is 0 Å². The Labute approximate surface area is 106 Å². The molecular formula is C14H16FN3. The molecule has 2 aromatic rings. The molecule has 1 aromatic carbocycles. The van der Waals surface area contributed by atoms with E-state index in [2.05, 4.69) is 10.3 Å². The molecule has 3 N–H and O–H groups in total. The molecule has 1 unspecified atom stereocenters. The molecule has 0 saturated carbocycles. The lowest BCUT2D eigenvalue weighted by atomic mass is 9.98. The average Bonchev–Trinajstić information content (AvgIpc) is 2.37. The third kappa shape index (κ3) is 2.33. The first kappa shape index (κ1) is 12.5. The second kappa shape index (κ2) is 5.14. The molecule has 1 atom stereocenters. The fourth-order valence-corrected chi connectivity index (χ4v) is 2.02. The number of nitrogen functional groups attached to an aromatic ring is 1. The summed E-state index contributed by atoms with van der Waals surface area (Å²) in [5.74, 6) is 0.284. The van der Waals surface area contributed by atoms with Gasteiger partial charge in [-0.3, -0.25) is 0 Å². The molecule has 0 saturated heterocycles. The zero-order valence-electron chi connectivity index (χ0n) is 10.4. The summed E-state index contributed by atoms with van der Waals surface area (Å²) in [6.07, 6.45) is 1.65. The van der Waals surface area contributed by atoms with Gasteiger partial charge in [0.25, 0.3) is 0 Å². The SMILES string of the molecule is CNC(c1ccc(F)c(C)c1)c1cccnc1N. The number of aromatic nitrogens is 1. The molecular weight excluding hydrogens is 229 g/mol. The van der Waals surface area contributed by atoms with E-state index in [0.29, 0.717) is 11.4 Å². The van der Waals surface area contributed by atoms with Gasteiger partial charge in [-0.05, 0) is 37.2 Å². The van der Waals surface area contributed by atoms with E-state index < -0.39 is 0 Å². The molecule has 4 heteroatoms. The molecule has 0 bridgehead atoms. The number of nitrogens with two attached hydrogens (primary N) is 1. The van der Waals surface area contributed by atoms with E-state index in [4.69, 9.17) is 5.73 Å². The number of aryl methyl sites for hydroxylation is 1. The van der Waals surface area contributed by atoms with Crippen LogP contribution in [0.3, 0.4) is 0 Å². The van der Waals surface area contributed by atoms with Gasteiger partial charge in [0.05, 0.1) is 6.04 Å². The van der Waals surface area contributed by atoms with Crippen LogP contribution >= 0.6 is 0 Å². The molecule has 0 fully saturated rings. The van der Waals surface area contributed by atoms with Gasteiger partial charge in [0.2, 0.25) is 0 Å². The van der Waals surface area contributed by atoms with Crippen LogP contribution in [0.5, 0.6) is 0 Å². The minimum atomic E-state index is -0.201. The zero-order chi connectivity index (χ0) is 13.1. The molecule has 0 radical (unpaired) electrons. The smallest absolute Gasteiger partial charge is 0.128 e. The summed E-state index contributed by atoms with van der Waals surface area (Å²) in [6.45, 7) is 1.75. The zero-order valence-corrected chi connectivity index (χ0v) is 10.4.